The molecule has 0 aliphatic heterocycles. The topological polar surface area (TPSA) is 115 Å². The average molecular weight is 548 g/mol. The molecule has 0 radical (unpaired) electrons. The van der Waals surface area contributed by atoms with Gasteiger partial charge in [-0.15, -0.1) is 10.2 Å². The average Bonchev–Trinajstić information content (AvgIpc) is 3.11. The van der Waals surface area contributed by atoms with Crippen molar-refractivity contribution >= 4 is 65.7 Å². The van der Waals surface area contributed by atoms with Gasteiger partial charge in [0.2, 0.25) is 5.88 Å². The van der Waals surface area contributed by atoms with E-state index in [0.29, 0.717) is 15.9 Å². The number of aromatic amines is 1. The summed E-state index contributed by atoms with van der Waals surface area (Å²) < 4.78 is 28.2. The van der Waals surface area contributed by atoms with Gasteiger partial charge in [0.25, 0.3) is 15.9 Å². The maximum atomic E-state index is 13.3. The molecule has 0 saturated carbocycles. The number of hydrogen-bond donors (Lipinski definition) is 2. The van der Waals surface area contributed by atoms with E-state index in [1.54, 1.807) is 36.4 Å². The van der Waals surface area contributed by atoms with Crippen LogP contribution in [0, 0.1) is 0 Å². The summed E-state index contributed by atoms with van der Waals surface area (Å²) in [4.78, 5) is 15.5. The highest BCUT2D eigenvalue weighted by Crippen LogP contribution is 2.37. The van der Waals surface area contributed by atoms with E-state index in [1.165, 1.54) is 36.4 Å². The Morgan fingerprint density at radius 2 is 1.76 bits per heavy atom. The first-order chi connectivity index (χ1) is 15.8. The van der Waals surface area contributed by atoms with Crippen molar-refractivity contribution in [1.29, 1.82) is 0 Å². The van der Waals surface area contributed by atoms with Gasteiger partial charge in [-0.2, -0.15) is 0 Å². The number of halogens is 2. The van der Waals surface area contributed by atoms with Crippen LogP contribution in [-0.2, 0) is 14.8 Å². The highest BCUT2D eigenvalue weighted by atomic mass is 79.9. The molecule has 4 aromatic rings. The third-order valence-electron chi connectivity index (χ3n) is 4.70. The van der Waals surface area contributed by atoms with E-state index < -0.39 is 22.5 Å². The smallest absolute Gasteiger partial charge is 0.285 e. The van der Waals surface area contributed by atoms with Crippen molar-refractivity contribution in [3.05, 3.63) is 82.3 Å². The minimum atomic E-state index is -4.08. The monoisotopic (exact) mass is 546 g/mol. The second kappa shape index (κ2) is 9.34. The number of anilines is 1. The molecule has 0 spiro atoms. The van der Waals surface area contributed by atoms with Gasteiger partial charge in [0.05, 0.1) is 16.1 Å². The van der Waals surface area contributed by atoms with E-state index in [1.807, 2.05) is 0 Å². The summed E-state index contributed by atoms with van der Waals surface area (Å²) in [6, 6.07) is 19.0. The molecule has 33 heavy (non-hydrogen) atoms. The van der Waals surface area contributed by atoms with Gasteiger partial charge in [-0.05, 0) is 54.6 Å². The minimum absolute atomic E-state index is 0.0174. The van der Waals surface area contributed by atoms with Gasteiger partial charge in [-0.3, -0.25) is 9.10 Å². The molecule has 0 fully saturated rings. The largest absolute Gasteiger partial charge is 0.493 e. The summed E-state index contributed by atoms with van der Waals surface area (Å²) >= 11 is 9.28. The van der Waals surface area contributed by atoms with Gasteiger partial charge in [-0.1, -0.05) is 45.7 Å². The number of aromatic hydroxyl groups is 1. The van der Waals surface area contributed by atoms with Crippen molar-refractivity contribution in [3.63, 3.8) is 0 Å². The normalized spacial score (nSPS) is 11.8. The summed E-state index contributed by atoms with van der Waals surface area (Å²) in [5.41, 5.74) is 0.917. The van der Waals surface area contributed by atoms with E-state index in [9.17, 15) is 18.3 Å². The third-order valence-corrected chi connectivity index (χ3v) is 7.23. The molecular weight excluding hydrogens is 532 g/mol. The maximum absolute atomic E-state index is 13.3. The molecule has 168 valence electrons. The number of azo groups is 1. The van der Waals surface area contributed by atoms with Crippen LogP contribution in [0.15, 0.2) is 92.4 Å². The van der Waals surface area contributed by atoms with Crippen LogP contribution in [0.3, 0.4) is 0 Å². The Labute approximate surface area is 202 Å². The number of fused-ring (bicyclic) bond motifs is 1. The number of hydrogen-bond acceptors (Lipinski definition) is 5. The first-order valence-corrected chi connectivity index (χ1v) is 12.1. The molecular formula is C22H16BrClN4O4S. The molecule has 0 saturated heterocycles. The van der Waals surface area contributed by atoms with Gasteiger partial charge in [0, 0.05) is 14.9 Å². The number of aromatic nitrogens is 1. The van der Waals surface area contributed by atoms with E-state index in [2.05, 4.69) is 31.1 Å². The van der Waals surface area contributed by atoms with E-state index in [0.717, 1.165) is 8.78 Å². The zero-order valence-electron chi connectivity index (χ0n) is 16.8. The number of nitrogens with zero attached hydrogens (tertiary/aromatic N) is 3. The number of carbonyl (C=O) groups excluding carboxylic acids is 1. The highest BCUT2D eigenvalue weighted by molar-refractivity contribution is 9.10. The van der Waals surface area contributed by atoms with Gasteiger partial charge < -0.3 is 10.1 Å². The Kier molecular flexibility index (Phi) is 6.50. The van der Waals surface area contributed by atoms with Gasteiger partial charge in [0.1, 0.15) is 6.54 Å². The van der Waals surface area contributed by atoms with Crippen LogP contribution >= 0.6 is 27.5 Å². The van der Waals surface area contributed by atoms with Crippen LogP contribution in [0.2, 0.25) is 5.02 Å². The van der Waals surface area contributed by atoms with Crippen LogP contribution in [0.1, 0.15) is 0 Å². The molecule has 2 N–H and O–H groups in total. The third kappa shape index (κ3) is 4.92. The minimum Gasteiger partial charge on any atom is -0.493 e. The number of benzene rings is 3. The Morgan fingerprint density at radius 1 is 1.06 bits per heavy atom. The van der Waals surface area contributed by atoms with Crippen molar-refractivity contribution in [1.82, 2.24) is 4.98 Å². The second-order valence-corrected chi connectivity index (χ2v) is 10.1. The number of rotatable bonds is 6. The van der Waals surface area contributed by atoms with Crippen molar-refractivity contribution in [2.24, 2.45) is 10.2 Å². The zero-order chi connectivity index (χ0) is 23.6. The molecule has 1 aromatic heterocycles. The fraction of sp³-hybridized carbons (Fsp3) is 0.0455. The molecule has 8 nitrogen and oxygen atoms in total. The highest BCUT2D eigenvalue weighted by Gasteiger charge is 2.27. The molecule has 1 amide bonds. The summed E-state index contributed by atoms with van der Waals surface area (Å²) in [6.45, 7) is -0.602. The maximum Gasteiger partial charge on any atom is 0.285 e. The van der Waals surface area contributed by atoms with Crippen LogP contribution in [0.5, 0.6) is 5.88 Å². The van der Waals surface area contributed by atoms with E-state index in [4.69, 9.17) is 11.6 Å². The van der Waals surface area contributed by atoms with Crippen molar-refractivity contribution in [2.75, 3.05) is 10.8 Å². The van der Waals surface area contributed by atoms with Crippen LogP contribution < -0.4 is 4.31 Å². The lowest BCUT2D eigenvalue weighted by molar-refractivity contribution is -0.116. The SMILES string of the molecule is O=C(CN(c1ccc(Cl)cc1)S(=O)(=O)c1ccccc1)N=Nc1c(O)[nH]c2ccc(Br)cc12. The summed E-state index contributed by atoms with van der Waals surface area (Å²) in [6.07, 6.45) is 0. The zero-order valence-corrected chi connectivity index (χ0v) is 20.0. The van der Waals surface area contributed by atoms with Gasteiger partial charge in [-0.25, -0.2) is 8.42 Å². The lowest BCUT2D eigenvalue weighted by Crippen LogP contribution is -2.35. The Bertz CT molecular complexity index is 1460. The molecule has 0 unspecified atom stereocenters. The van der Waals surface area contributed by atoms with Crippen molar-refractivity contribution < 1.29 is 18.3 Å². The van der Waals surface area contributed by atoms with Gasteiger partial charge in [0.15, 0.2) is 5.69 Å². The Hall–Kier alpha value is -3.21. The predicted molar refractivity (Wildman–Crippen MR) is 130 cm³/mol. The molecule has 0 atom stereocenters. The van der Waals surface area contributed by atoms with Crippen molar-refractivity contribution in [2.45, 2.75) is 4.90 Å². The number of amides is 1. The number of H-pyrrole nitrogens is 1. The van der Waals surface area contributed by atoms with Crippen LogP contribution in [0.25, 0.3) is 10.9 Å². The fourth-order valence-corrected chi connectivity index (χ4v) is 5.06. The van der Waals surface area contributed by atoms with E-state index in [-0.39, 0.29) is 22.2 Å². The van der Waals surface area contributed by atoms with Crippen LogP contribution in [0.4, 0.5) is 11.4 Å². The van der Waals surface area contributed by atoms with Crippen LogP contribution in [-0.4, -0.2) is 31.0 Å². The first kappa shape index (κ1) is 23.0. The molecule has 1 heterocycles. The van der Waals surface area contributed by atoms with Gasteiger partial charge >= 0.3 is 0 Å². The Balaban J connectivity index is 1.67. The molecule has 3 aromatic carbocycles. The second-order valence-electron chi connectivity index (χ2n) is 6.91. The fourth-order valence-electron chi connectivity index (χ4n) is 3.14. The summed E-state index contributed by atoms with van der Waals surface area (Å²) in [7, 11) is -4.08. The molecule has 0 aliphatic rings. The molecule has 0 bridgehead atoms. The summed E-state index contributed by atoms with van der Waals surface area (Å²) in [5, 5.41) is 18.7. The first-order valence-electron chi connectivity index (χ1n) is 9.54. The lowest BCUT2D eigenvalue weighted by Gasteiger charge is -2.23. The summed E-state index contributed by atoms with van der Waals surface area (Å²) in [5.74, 6) is -1.08. The number of carbonyl (C=O) groups is 1. The molecule has 4 rings (SSSR count). The Morgan fingerprint density at radius 3 is 2.45 bits per heavy atom. The molecule has 0 aliphatic carbocycles. The standard InChI is InChI=1S/C22H16BrClN4O4S/c23-14-6-11-19-18(12-14)21(22(30)25-19)27-26-20(29)13-28(16-9-7-15(24)8-10-16)33(31,32)17-4-2-1-3-5-17/h1-12,25,30H,13H2. The van der Waals surface area contributed by atoms with Crippen molar-refractivity contribution in [3.8, 4) is 5.88 Å². The van der Waals surface area contributed by atoms with E-state index >= 15 is 0 Å². The predicted octanol–water partition coefficient (Wildman–Crippen LogP) is 5.80. The number of sulfonamides is 1. The lowest BCUT2D eigenvalue weighted by atomic mass is 10.2. The molecule has 11 heteroatoms. The quantitative estimate of drug-likeness (QED) is 0.297. The number of nitrogens with one attached hydrogen (secondary N) is 1.